The summed E-state index contributed by atoms with van der Waals surface area (Å²) in [4.78, 5) is 10.4. The van der Waals surface area contributed by atoms with Crippen molar-refractivity contribution >= 4 is 114 Å². The summed E-state index contributed by atoms with van der Waals surface area (Å²) in [5.41, 5.74) is 5.43. The maximum absolute atomic E-state index is 10.4. The van der Waals surface area contributed by atoms with Crippen molar-refractivity contribution in [3.8, 4) is 5.75 Å². The van der Waals surface area contributed by atoms with E-state index in [0.29, 0.717) is 5.69 Å². The third-order valence-corrected chi connectivity index (χ3v) is 1.25. The van der Waals surface area contributed by atoms with Crippen LogP contribution in [0, 0.1) is 0 Å². The molecule has 0 aliphatic rings. The summed E-state index contributed by atoms with van der Waals surface area (Å²) in [7, 11) is 0. The van der Waals surface area contributed by atoms with Gasteiger partial charge in [-0.3, -0.25) is 0 Å². The Morgan fingerprint density at radius 3 is 2.23 bits per heavy atom. The van der Waals surface area contributed by atoms with Crippen LogP contribution >= 0.6 is 0 Å². The molecule has 0 amide bonds. The molecule has 0 aromatic heterocycles. The van der Waals surface area contributed by atoms with Crippen molar-refractivity contribution in [3.63, 3.8) is 0 Å². The van der Waals surface area contributed by atoms with Crippen LogP contribution in [0.2, 0.25) is 0 Å². The normalized spacial score (nSPS) is 8.00. The first kappa shape index (κ1) is 17.0. The van der Waals surface area contributed by atoms with Crippen LogP contribution < -0.4 is 5.73 Å². The Kier molecular flexibility index (Phi) is 10.2. The molecule has 0 spiro atoms. The van der Waals surface area contributed by atoms with Gasteiger partial charge in [0.05, 0.1) is 0 Å². The Bertz CT molecular complexity index is 304. The Balaban J connectivity index is 0. The number of carbonyl (C=O) groups is 1. The fourth-order valence-corrected chi connectivity index (χ4v) is 0.725. The van der Waals surface area contributed by atoms with Crippen LogP contribution in [0.25, 0.3) is 0 Å². The Morgan fingerprint density at radius 2 is 1.85 bits per heavy atom. The number of anilines is 1. The summed E-state index contributed by atoms with van der Waals surface area (Å²) in [6, 6.07) is 3.89. The average Bonchev–Trinajstić information content (AvgIpc) is 1.94. The second kappa shape index (κ2) is 7.80. The van der Waals surface area contributed by atoms with Gasteiger partial charge in [0.2, 0.25) is 0 Å². The molecule has 13 heavy (non-hydrogen) atoms. The molecule has 0 heterocycles. The van der Waals surface area contributed by atoms with E-state index in [1.807, 2.05) is 0 Å². The van der Waals surface area contributed by atoms with Crippen LogP contribution in [-0.2, 0) is 0 Å². The van der Waals surface area contributed by atoms with Gasteiger partial charge in [-0.05, 0) is 18.2 Å². The molecule has 0 unspecified atom stereocenters. The molecular formula is C7H7K2NO3. The van der Waals surface area contributed by atoms with Crippen LogP contribution in [-0.4, -0.2) is 119 Å². The maximum atomic E-state index is 10.4. The third kappa shape index (κ3) is 5.26. The van der Waals surface area contributed by atoms with Crippen LogP contribution in [0.1, 0.15) is 10.4 Å². The molecule has 2 radical (unpaired) electrons. The van der Waals surface area contributed by atoms with Gasteiger partial charge in [-0.25, -0.2) is 4.79 Å². The Morgan fingerprint density at radius 1 is 1.31 bits per heavy atom. The van der Waals surface area contributed by atoms with Crippen LogP contribution in [0.3, 0.4) is 0 Å². The van der Waals surface area contributed by atoms with Gasteiger partial charge >= 0.3 is 5.97 Å². The van der Waals surface area contributed by atoms with Gasteiger partial charge in [0.1, 0.15) is 11.3 Å². The average molecular weight is 231 g/mol. The quantitative estimate of drug-likeness (QED) is 0.358. The zero-order valence-corrected chi connectivity index (χ0v) is 13.9. The minimum atomic E-state index is -1.19. The molecule has 0 aliphatic carbocycles. The maximum Gasteiger partial charge on any atom is 0.339 e. The molecule has 0 saturated carbocycles. The zero-order valence-electron chi connectivity index (χ0n) is 7.61. The molecule has 60 valence electrons. The Labute approximate surface area is 161 Å². The van der Waals surface area contributed by atoms with E-state index < -0.39 is 5.97 Å². The van der Waals surface area contributed by atoms with Crippen molar-refractivity contribution in [3.05, 3.63) is 23.8 Å². The van der Waals surface area contributed by atoms with Crippen LogP contribution in [0.5, 0.6) is 5.75 Å². The van der Waals surface area contributed by atoms with Gasteiger partial charge in [0.15, 0.2) is 0 Å². The predicted octanol–water partition coefficient (Wildman–Crippen LogP) is -0.0890. The van der Waals surface area contributed by atoms with Crippen molar-refractivity contribution in [1.29, 1.82) is 0 Å². The summed E-state index contributed by atoms with van der Waals surface area (Å²) in [6.45, 7) is 0. The smallest absolute Gasteiger partial charge is 0.339 e. The number of phenols is 1. The van der Waals surface area contributed by atoms with Gasteiger partial charge < -0.3 is 15.9 Å². The summed E-state index contributed by atoms with van der Waals surface area (Å²) >= 11 is 0. The largest absolute Gasteiger partial charge is 0.507 e. The summed E-state index contributed by atoms with van der Waals surface area (Å²) in [6.07, 6.45) is 0. The number of rotatable bonds is 1. The number of carboxylic acids is 1. The topological polar surface area (TPSA) is 83.5 Å². The molecule has 0 atom stereocenters. The first-order valence-electron chi connectivity index (χ1n) is 2.93. The molecule has 0 aliphatic heterocycles. The van der Waals surface area contributed by atoms with E-state index in [2.05, 4.69) is 0 Å². The standard InChI is InChI=1S/C7H7NO3.2K/c8-4-1-2-6(9)5(3-4)7(10)11;;/h1-3,9H,8H2,(H,10,11);;. The fraction of sp³-hybridized carbons (Fsp3) is 0. The molecule has 0 bridgehead atoms. The molecule has 6 heteroatoms. The van der Waals surface area contributed by atoms with E-state index in [-0.39, 0.29) is 114 Å². The SMILES string of the molecule is Nc1ccc(O)c(C(=O)O)c1.[K].[K]. The third-order valence-electron chi connectivity index (χ3n) is 1.25. The van der Waals surface area contributed by atoms with E-state index in [9.17, 15) is 4.79 Å². The Hall–Kier alpha value is 1.56. The molecule has 0 fully saturated rings. The summed E-state index contributed by atoms with van der Waals surface area (Å²) < 4.78 is 0. The monoisotopic (exact) mass is 231 g/mol. The number of nitrogens with two attached hydrogens (primary N) is 1. The predicted molar refractivity (Wildman–Crippen MR) is 51.0 cm³/mol. The number of benzene rings is 1. The second-order valence-corrected chi connectivity index (χ2v) is 2.08. The second-order valence-electron chi connectivity index (χ2n) is 2.08. The molecule has 1 aromatic carbocycles. The molecule has 4 nitrogen and oxygen atoms in total. The van der Waals surface area contributed by atoms with Crippen molar-refractivity contribution < 1.29 is 15.0 Å². The minimum absolute atomic E-state index is 0. The van der Waals surface area contributed by atoms with Crippen molar-refractivity contribution in [1.82, 2.24) is 0 Å². The van der Waals surface area contributed by atoms with E-state index in [0.717, 1.165) is 0 Å². The van der Waals surface area contributed by atoms with Crippen molar-refractivity contribution in [2.45, 2.75) is 0 Å². The van der Waals surface area contributed by atoms with E-state index >= 15 is 0 Å². The van der Waals surface area contributed by atoms with E-state index in [1.165, 1.54) is 18.2 Å². The van der Waals surface area contributed by atoms with Crippen LogP contribution in [0.15, 0.2) is 18.2 Å². The van der Waals surface area contributed by atoms with Crippen molar-refractivity contribution in [2.24, 2.45) is 0 Å². The van der Waals surface area contributed by atoms with E-state index in [4.69, 9.17) is 15.9 Å². The van der Waals surface area contributed by atoms with Gasteiger partial charge in [-0.15, -0.1) is 0 Å². The van der Waals surface area contributed by atoms with Gasteiger partial charge in [0.25, 0.3) is 0 Å². The molecule has 1 rings (SSSR count). The first-order chi connectivity index (χ1) is 5.11. The number of hydrogen-bond donors (Lipinski definition) is 3. The molecule has 1 aromatic rings. The number of nitrogen functional groups attached to an aromatic ring is 1. The van der Waals surface area contributed by atoms with Crippen LogP contribution in [0.4, 0.5) is 5.69 Å². The van der Waals surface area contributed by atoms with E-state index in [1.54, 1.807) is 0 Å². The number of hydrogen-bond acceptors (Lipinski definition) is 3. The molecular weight excluding hydrogens is 224 g/mol. The van der Waals surface area contributed by atoms with Gasteiger partial charge in [0, 0.05) is 108 Å². The summed E-state index contributed by atoms with van der Waals surface area (Å²) in [5.74, 6) is -1.46. The zero-order chi connectivity index (χ0) is 8.43. The number of carboxylic acid groups (broad SMARTS) is 1. The number of aromatic hydroxyl groups is 1. The number of aromatic carboxylic acids is 1. The van der Waals surface area contributed by atoms with Crippen molar-refractivity contribution in [2.75, 3.05) is 5.73 Å². The first-order valence-corrected chi connectivity index (χ1v) is 2.93. The summed E-state index contributed by atoms with van der Waals surface area (Å²) in [5, 5.41) is 17.4. The van der Waals surface area contributed by atoms with Gasteiger partial charge in [-0.2, -0.15) is 0 Å². The minimum Gasteiger partial charge on any atom is -0.507 e. The fourth-order valence-electron chi connectivity index (χ4n) is 0.725. The molecule has 0 saturated heterocycles. The molecule has 4 N–H and O–H groups in total. The van der Waals surface area contributed by atoms with Gasteiger partial charge in [-0.1, -0.05) is 0 Å².